The van der Waals surface area contributed by atoms with Gasteiger partial charge in [0.1, 0.15) is 6.33 Å². The molecule has 0 aliphatic heterocycles. The SMILES string of the molecule is CN(Cc1cc(Cl)cn1C)c1ncnc2c1ncn2CC(O)CO. The summed E-state index contributed by atoms with van der Waals surface area (Å²) in [6.07, 6.45) is 4.06. The summed E-state index contributed by atoms with van der Waals surface area (Å²) in [6.45, 7) is 0.522. The van der Waals surface area contributed by atoms with Crippen molar-refractivity contribution in [2.45, 2.75) is 19.2 Å². The van der Waals surface area contributed by atoms with E-state index < -0.39 is 6.10 Å². The number of rotatable bonds is 6. The Morgan fingerprint density at radius 2 is 2.12 bits per heavy atom. The molecule has 1 unspecified atom stereocenters. The molecule has 0 radical (unpaired) electrons. The number of hydrogen-bond acceptors (Lipinski definition) is 6. The molecule has 3 aromatic rings. The Balaban J connectivity index is 1.90. The van der Waals surface area contributed by atoms with Gasteiger partial charge in [-0.05, 0) is 6.07 Å². The summed E-state index contributed by atoms with van der Waals surface area (Å²) in [7, 11) is 3.86. The molecule has 3 rings (SSSR count). The van der Waals surface area contributed by atoms with Gasteiger partial charge in [-0.1, -0.05) is 11.6 Å². The zero-order valence-electron chi connectivity index (χ0n) is 13.5. The van der Waals surface area contributed by atoms with Crippen molar-refractivity contribution in [2.75, 3.05) is 18.6 Å². The molecule has 0 fully saturated rings. The molecule has 0 spiro atoms. The molecule has 8 nitrogen and oxygen atoms in total. The quantitative estimate of drug-likeness (QED) is 0.683. The van der Waals surface area contributed by atoms with Gasteiger partial charge in [-0.2, -0.15) is 0 Å². The summed E-state index contributed by atoms with van der Waals surface area (Å²) >= 11 is 6.03. The van der Waals surface area contributed by atoms with E-state index in [2.05, 4.69) is 15.0 Å². The number of aromatic nitrogens is 5. The third kappa shape index (κ3) is 3.21. The lowest BCUT2D eigenvalue weighted by Crippen LogP contribution is -2.21. The summed E-state index contributed by atoms with van der Waals surface area (Å²) in [4.78, 5) is 14.9. The molecular formula is C15H19ClN6O2. The first-order valence-electron chi connectivity index (χ1n) is 7.46. The smallest absolute Gasteiger partial charge is 0.165 e. The largest absolute Gasteiger partial charge is 0.394 e. The van der Waals surface area contributed by atoms with Gasteiger partial charge in [0.25, 0.3) is 0 Å². The fraction of sp³-hybridized carbons (Fsp3) is 0.400. The molecule has 0 bridgehead atoms. The molecule has 3 heterocycles. The van der Waals surface area contributed by atoms with E-state index >= 15 is 0 Å². The molecule has 2 N–H and O–H groups in total. The third-order valence-corrected chi connectivity index (χ3v) is 4.04. The van der Waals surface area contributed by atoms with Gasteiger partial charge in [0, 0.05) is 26.0 Å². The second kappa shape index (κ2) is 6.76. The summed E-state index contributed by atoms with van der Waals surface area (Å²) in [5.74, 6) is 0.689. The van der Waals surface area contributed by atoms with Crippen LogP contribution in [0.25, 0.3) is 11.2 Å². The van der Waals surface area contributed by atoms with E-state index in [1.165, 1.54) is 6.33 Å². The van der Waals surface area contributed by atoms with Gasteiger partial charge in [0.2, 0.25) is 0 Å². The minimum atomic E-state index is -0.857. The van der Waals surface area contributed by atoms with Gasteiger partial charge in [-0.25, -0.2) is 15.0 Å². The van der Waals surface area contributed by atoms with Crippen molar-refractivity contribution in [1.82, 2.24) is 24.1 Å². The standard InChI is InChI=1S/C15H19ClN6O2/c1-20-4-10(16)3-11(20)5-21(2)14-13-15(18-8-17-14)22(9-19-13)6-12(24)7-23/h3-4,8-9,12,23-24H,5-7H2,1-2H3. The van der Waals surface area contributed by atoms with Gasteiger partial charge in [0.05, 0.1) is 37.2 Å². The molecule has 0 aliphatic carbocycles. The summed E-state index contributed by atoms with van der Waals surface area (Å²) in [6, 6.07) is 1.91. The van der Waals surface area contributed by atoms with Crippen LogP contribution in [0.5, 0.6) is 0 Å². The van der Waals surface area contributed by atoms with Crippen molar-refractivity contribution in [3.63, 3.8) is 0 Å². The highest BCUT2D eigenvalue weighted by Crippen LogP contribution is 2.23. The molecular weight excluding hydrogens is 332 g/mol. The Morgan fingerprint density at radius 3 is 2.79 bits per heavy atom. The highest BCUT2D eigenvalue weighted by atomic mass is 35.5. The first-order chi connectivity index (χ1) is 11.5. The maximum absolute atomic E-state index is 9.63. The highest BCUT2D eigenvalue weighted by molar-refractivity contribution is 6.30. The molecule has 128 valence electrons. The van der Waals surface area contributed by atoms with Crippen molar-refractivity contribution in [3.8, 4) is 0 Å². The fourth-order valence-corrected chi connectivity index (χ4v) is 2.88. The average Bonchev–Trinajstić information content (AvgIpc) is 3.10. The van der Waals surface area contributed by atoms with Gasteiger partial charge >= 0.3 is 0 Å². The van der Waals surface area contributed by atoms with Gasteiger partial charge < -0.3 is 24.2 Å². The van der Waals surface area contributed by atoms with Crippen LogP contribution in [0.4, 0.5) is 5.82 Å². The predicted molar refractivity (Wildman–Crippen MR) is 90.9 cm³/mol. The van der Waals surface area contributed by atoms with Crippen molar-refractivity contribution < 1.29 is 10.2 Å². The predicted octanol–water partition coefficient (Wildman–Crippen LogP) is 0.808. The molecule has 3 aromatic heterocycles. The fourth-order valence-electron chi connectivity index (χ4n) is 2.61. The van der Waals surface area contributed by atoms with E-state index in [0.29, 0.717) is 28.5 Å². The topological polar surface area (TPSA) is 92.2 Å². The number of anilines is 1. The molecule has 24 heavy (non-hydrogen) atoms. The second-order valence-corrected chi connectivity index (χ2v) is 6.16. The Labute approximate surface area is 144 Å². The normalized spacial score (nSPS) is 12.7. The Morgan fingerprint density at radius 1 is 1.33 bits per heavy atom. The molecule has 1 atom stereocenters. The van der Waals surface area contributed by atoms with Gasteiger partial charge in [-0.15, -0.1) is 0 Å². The van der Waals surface area contributed by atoms with Crippen LogP contribution in [0.2, 0.25) is 5.02 Å². The molecule has 0 saturated carbocycles. The third-order valence-electron chi connectivity index (χ3n) is 3.84. The van der Waals surface area contributed by atoms with Crippen LogP contribution in [0.3, 0.4) is 0 Å². The van der Waals surface area contributed by atoms with E-state index in [4.69, 9.17) is 16.7 Å². The minimum Gasteiger partial charge on any atom is -0.394 e. The molecule has 0 aromatic carbocycles. The molecule has 0 saturated heterocycles. The van der Waals surface area contributed by atoms with E-state index in [1.54, 1.807) is 10.9 Å². The lowest BCUT2D eigenvalue weighted by atomic mass is 10.3. The number of aliphatic hydroxyl groups excluding tert-OH is 2. The van der Waals surface area contributed by atoms with Crippen LogP contribution < -0.4 is 4.90 Å². The Hall–Kier alpha value is -2.16. The van der Waals surface area contributed by atoms with Crippen molar-refractivity contribution in [3.05, 3.63) is 35.6 Å². The lowest BCUT2D eigenvalue weighted by Gasteiger charge is -2.18. The van der Waals surface area contributed by atoms with Crippen LogP contribution in [0.1, 0.15) is 5.69 Å². The molecule has 0 aliphatic rings. The highest BCUT2D eigenvalue weighted by Gasteiger charge is 2.16. The van der Waals surface area contributed by atoms with Crippen LogP contribution >= 0.6 is 11.6 Å². The molecule has 0 amide bonds. The second-order valence-electron chi connectivity index (χ2n) is 5.72. The average molecular weight is 351 g/mol. The van der Waals surface area contributed by atoms with Crippen LogP contribution in [0.15, 0.2) is 24.9 Å². The maximum atomic E-state index is 9.63. The molecule has 9 heteroatoms. The van der Waals surface area contributed by atoms with Crippen molar-refractivity contribution in [2.24, 2.45) is 7.05 Å². The summed E-state index contributed by atoms with van der Waals surface area (Å²) in [5, 5.41) is 19.3. The number of aryl methyl sites for hydroxylation is 1. The number of nitrogens with zero attached hydrogens (tertiary/aromatic N) is 6. The summed E-state index contributed by atoms with van der Waals surface area (Å²) < 4.78 is 3.67. The minimum absolute atomic E-state index is 0.223. The number of halogens is 1. The Kier molecular flexibility index (Phi) is 4.70. The number of aliphatic hydroxyl groups is 2. The van der Waals surface area contributed by atoms with Gasteiger partial charge in [-0.3, -0.25) is 0 Å². The van der Waals surface area contributed by atoms with E-state index in [0.717, 1.165) is 5.69 Å². The van der Waals surface area contributed by atoms with Crippen molar-refractivity contribution in [1.29, 1.82) is 0 Å². The lowest BCUT2D eigenvalue weighted by molar-refractivity contribution is 0.0820. The van der Waals surface area contributed by atoms with Crippen LogP contribution in [0, 0.1) is 0 Å². The van der Waals surface area contributed by atoms with E-state index in [9.17, 15) is 5.11 Å². The zero-order chi connectivity index (χ0) is 17.3. The zero-order valence-corrected chi connectivity index (χ0v) is 14.2. The number of imidazole rings is 1. The first kappa shape index (κ1) is 16.7. The number of hydrogen-bond donors (Lipinski definition) is 2. The maximum Gasteiger partial charge on any atom is 0.165 e. The van der Waals surface area contributed by atoms with Crippen LogP contribution in [-0.4, -0.2) is 54.1 Å². The monoisotopic (exact) mass is 350 g/mol. The first-order valence-corrected chi connectivity index (χ1v) is 7.84. The van der Waals surface area contributed by atoms with Crippen LogP contribution in [-0.2, 0) is 20.1 Å². The van der Waals surface area contributed by atoms with E-state index in [1.807, 2.05) is 35.8 Å². The number of fused-ring (bicyclic) bond motifs is 1. The van der Waals surface area contributed by atoms with Gasteiger partial charge in [0.15, 0.2) is 17.0 Å². The van der Waals surface area contributed by atoms with E-state index in [-0.39, 0.29) is 13.2 Å². The Bertz CT molecular complexity index is 846. The van der Waals surface area contributed by atoms with Crippen molar-refractivity contribution >= 4 is 28.6 Å². The summed E-state index contributed by atoms with van der Waals surface area (Å²) in [5.41, 5.74) is 2.30.